The van der Waals surface area contributed by atoms with Crippen molar-refractivity contribution in [3.63, 3.8) is 0 Å². The van der Waals surface area contributed by atoms with Gasteiger partial charge >= 0.3 is 0 Å². The summed E-state index contributed by atoms with van der Waals surface area (Å²) >= 11 is 7.93. The highest BCUT2D eigenvalue weighted by atomic mass is 35.5. The Morgan fingerprint density at radius 3 is 2.94 bits per heavy atom. The summed E-state index contributed by atoms with van der Waals surface area (Å²) in [5.74, 6) is 0.788. The van der Waals surface area contributed by atoms with Gasteiger partial charge in [0.2, 0.25) is 0 Å². The lowest BCUT2D eigenvalue weighted by atomic mass is 9.95. The molecule has 17 heavy (non-hydrogen) atoms. The third-order valence-corrected chi connectivity index (χ3v) is 4.89. The van der Waals surface area contributed by atoms with Crippen LogP contribution in [0.2, 0.25) is 5.02 Å². The number of aromatic nitrogens is 1. The first-order chi connectivity index (χ1) is 8.33. The molecule has 0 unspecified atom stereocenters. The van der Waals surface area contributed by atoms with Gasteiger partial charge in [0.05, 0.1) is 20.2 Å². The van der Waals surface area contributed by atoms with E-state index >= 15 is 0 Å². The molecule has 90 valence electrons. The van der Waals surface area contributed by atoms with Crippen molar-refractivity contribution in [1.29, 1.82) is 0 Å². The average molecular weight is 267 g/mol. The van der Waals surface area contributed by atoms with Gasteiger partial charge in [-0.2, -0.15) is 0 Å². The van der Waals surface area contributed by atoms with E-state index in [1.54, 1.807) is 11.3 Å². The summed E-state index contributed by atoms with van der Waals surface area (Å²) in [6, 6.07) is 5.96. The van der Waals surface area contributed by atoms with E-state index in [4.69, 9.17) is 11.6 Å². The van der Waals surface area contributed by atoms with E-state index in [0.29, 0.717) is 0 Å². The fourth-order valence-electron chi connectivity index (χ4n) is 2.38. The van der Waals surface area contributed by atoms with Gasteiger partial charge in [0.1, 0.15) is 0 Å². The van der Waals surface area contributed by atoms with Crippen LogP contribution in [0.1, 0.15) is 17.8 Å². The minimum absolute atomic E-state index is 0.788. The van der Waals surface area contributed by atoms with Gasteiger partial charge < -0.3 is 5.32 Å². The maximum absolute atomic E-state index is 6.17. The second-order valence-electron chi connectivity index (χ2n) is 4.59. The van der Waals surface area contributed by atoms with Crippen LogP contribution >= 0.6 is 22.9 Å². The Labute approximate surface area is 110 Å². The van der Waals surface area contributed by atoms with E-state index in [1.165, 1.54) is 17.8 Å². The minimum atomic E-state index is 0.788. The molecule has 2 aromatic rings. The predicted octanol–water partition coefficient (Wildman–Crippen LogP) is 3.49. The molecule has 1 N–H and O–H groups in total. The molecule has 0 atom stereocenters. The van der Waals surface area contributed by atoms with Crippen molar-refractivity contribution in [2.24, 2.45) is 5.92 Å². The number of rotatable bonds is 2. The summed E-state index contributed by atoms with van der Waals surface area (Å²) in [5.41, 5.74) is 1.05. The molecule has 1 aromatic heterocycles. The van der Waals surface area contributed by atoms with Crippen LogP contribution in [-0.2, 0) is 6.42 Å². The van der Waals surface area contributed by atoms with E-state index in [1.807, 2.05) is 18.2 Å². The van der Waals surface area contributed by atoms with Crippen LogP contribution in [0.5, 0.6) is 0 Å². The van der Waals surface area contributed by atoms with Crippen LogP contribution in [0.15, 0.2) is 18.2 Å². The molecule has 0 aliphatic carbocycles. The zero-order chi connectivity index (χ0) is 11.7. The van der Waals surface area contributed by atoms with Crippen LogP contribution < -0.4 is 5.32 Å². The summed E-state index contributed by atoms with van der Waals surface area (Å²) in [6.07, 6.45) is 3.64. The number of nitrogens with zero attached hydrogens (tertiary/aromatic N) is 1. The van der Waals surface area contributed by atoms with Crippen molar-refractivity contribution in [2.75, 3.05) is 13.1 Å². The number of thiazole rings is 1. The Bertz CT molecular complexity index is 517. The van der Waals surface area contributed by atoms with Crippen molar-refractivity contribution in [3.8, 4) is 0 Å². The largest absolute Gasteiger partial charge is 0.317 e. The van der Waals surface area contributed by atoms with Gasteiger partial charge in [-0.25, -0.2) is 4.98 Å². The molecule has 1 fully saturated rings. The Morgan fingerprint density at radius 2 is 2.18 bits per heavy atom. The van der Waals surface area contributed by atoms with Crippen molar-refractivity contribution in [3.05, 3.63) is 28.2 Å². The second-order valence-corrected chi connectivity index (χ2v) is 6.08. The molecule has 0 bridgehead atoms. The summed E-state index contributed by atoms with van der Waals surface area (Å²) in [5, 5.41) is 5.46. The molecule has 0 spiro atoms. The quantitative estimate of drug-likeness (QED) is 0.900. The van der Waals surface area contributed by atoms with Crippen molar-refractivity contribution >= 4 is 33.2 Å². The molecule has 0 saturated carbocycles. The number of hydrogen-bond donors (Lipinski definition) is 1. The molecule has 1 saturated heterocycles. The van der Waals surface area contributed by atoms with Crippen LogP contribution in [-0.4, -0.2) is 18.1 Å². The Balaban J connectivity index is 1.83. The van der Waals surface area contributed by atoms with Crippen LogP contribution in [0.3, 0.4) is 0 Å². The van der Waals surface area contributed by atoms with Gasteiger partial charge in [-0.3, -0.25) is 0 Å². The summed E-state index contributed by atoms with van der Waals surface area (Å²) in [6.45, 7) is 2.30. The van der Waals surface area contributed by atoms with Gasteiger partial charge in [0.15, 0.2) is 0 Å². The minimum Gasteiger partial charge on any atom is -0.317 e. The predicted molar refractivity (Wildman–Crippen MR) is 73.9 cm³/mol. The third-order valence-electron chi connectivity index (χ3n) is 3.33. The monoisotopic (exact) mass is 266 g/mol. The summed E-state index contributed by atoms with van der Waals surface area (Å²) in [4.78, 5) is 4.68. The lowest BCUT2D eigenvalue weighted by molar-refractivity contribution is 0.372. The Hall–Kier alpha value is -0.640. The fourth-order valence-corrected chi connectivity index (χ4v) is 3.75. The van der Waals surface area contributed by atoms with Gasteiger partial charge in [-0.15, -0.1) is 11.3 Å². The normalized spacial score (nSPS) is 17.7. The number of hydrogen-bond acceptors (Lipinski definition) is 3. The van der Waals surface area contributed by atoms with E-state index in [0.717, 1.165) is 40.7 Å². The van der Waals surface area contributed by atoms with Gasteiger partial charge in [0.25, 0.3) is 0 Å². The first kappa shape index (κ1) is 11.5. The number of piperidine rings is 1. The van der Waals surface area contributed by atoms with E-state index in [2.05, 4.69) is 10.3 Å². The van der Waals surface area contributed by atoms with Crippen molar-refractivity contribution < 1.29 is 0 Å². The van der Waals surface area contributed by atoms with E-state index < -0.39 is 0 Å². The number of fused-ring (bicyclic) bond motifs is 1. The van der Waals surface area contributed by atoms with E-state index in [9.17, 15) is 0 Å². The zero-order valence-corrected chi connectivity index (χ0v) is 11.2. The molecule has 1 aliphatic rings. The van der Waals surface area contributed by atoms with Crippen molar-refractivity contribution in [2.45, 2.75) is 19.3 Å². The van der Waals surface area contributed by atoms with Crippen LogP contribution in [0.4, 0.5) is 0 Å². The van der Waals surface area contributed by atoms with Crippen LogP contribution in [0.25, 0.3) is 10.2 Å². The smallest absolute Gasteiger partial charge is 0.0941 e. The molecule has 1 aromatic carbocycles. The first-order valence-corrected chi connectivity index (χ1v) is 7.27. The second kappa shape index (κ2) is 4.92. The maximum atomic E-state index is 6.17. The summed E-state index contributed by atoms with van der Waals surface area (Å²) < 4.78 is 1.14. The molecule has 3 rings (SSSR count). The SMILES string of the molecule is Clc1cccc2nc(CC3CCNCC3)sc12. The molecular weight excluding hydrogens is 252 g/mol. The standard InChI is InChI=1S/C13H15ClN2S/c14-10-2-1-3-11-13(10)17-12(16-11)8-9-4-6-15-7-5-9/h1-3,9,15H,4-8H2. The zero-order valence-electron chi connectivity index (χ0n) is 9.58. The topological polar surface area (TPSA) is 24.9 Å². The molecule has 2 nitrogen and oxygen atoms in total. The number of halogens is 1. The highest BCUT2D eigenvalue weighted by Gasteiger charge is 2.16. The Morgan fingerprint density at radius 1 is 1.35 bits per heavy atom. The summed E-state index contributed by atoms with van der Waals surface area (Å²) in [7, 11) is 0. The van der Waals surface area contributed by atoms with Gasteiger partial charge in [-0.05, 0) is 44.0 Å². The maximum Gasteiger partial charge on any atom is 0.0941 e. The van der Waals surface area contributed by atoms with Gasteiger partial charge in [0, 0.05) is 6.42 Å². The Kier molecular flexibility index (Phi) is 3.32. The lowest BCUT2D eigenvalue weighted by Gasteiger charge is -2.21. The lowest BCUT2D eigenvalue weighted by Crippen LogP contribution is -2.28. The van der Waals surface area contributed by atoms with Gasteiger partial charge in [-0.1, -0.05) is 17.7 Å². The molecular formula is C13H15ClN2S. The molecule has 2 heterocycles. The molecule has 0 radical (unpaired) electrons. The molecule has 0 amide bonds. The number of benzene rings is 1. The average Bonchev–Trinajstić information content (AvgIpc) is 2.74. The third kappa shape index (κ3) is 2.46. The fraction of sp³-hybridized carbons (Fsp3) is 0.462. The highest BCUT2D eigenvalue weighted by Crippen LogP contribution is 2.31. The van der Waals surface area contributed by atoms with Crippen LogP contribution in [0, 0.1) is 5.92 Å². The van der Waals surface area contributed by atoms with Crippen molar-refractivity contribution in [1.82, 2.24) is 10.3 Å². The molecule has 4 heteroatoms. The highest BCUT2D eigenvalue weighted by molar-refractivity contribution is 7.19. The first-order valence-electron chi connectivity index (χ1n) is 6.07. The molecule has 1 aliphatic heterocycles. The number of nitrogens with one attached hydrogen (secondary N) is 1. The van der Waals surface area contributed by atoms with E-state index in [-0.39, 0.29) is 0 Å².